The monoisotopic (exact) mass is 283 g/mol. The topological polar surface area (TPSA) is 60.8 Å². The minimum absolute atomic E-state index is 0.0107. The third kappa shape index (κ3) is 2.57. The molecular formula is C17H17NO3. The Balaban J connectivity index is 1.84. The molecule has 0 saturated carbocycles. The van der Waals surface area contributed by atoms with Crippen LogP contribution in [0.25, 0.3) is 0 Å². The Bertz CT molecular complexity index is 634. The van der Waals surface area contributed by atoms with Gasteiger partial charge in [-0.3, -0.25) is 4.79 Å². The number of hydrogen-bond acceptors (Lipinski definition) is 3. The van der Waals surface area contributed by atoms with E-state index in [1.54, 1.807) is 4.90 Å². The lowest BCUT2D eigenvalue weighted by Crippen LogP contribution is -2.33. The summed E-state index contributed by atoms with van der Waals surface area (Å²) in [7, 11) is 0. The SMILES string of the molecule is O=C(c1c(O)cccc1O)N1CCc2ccccc2CC1. The fourth-order valence-electron chi connectivity index (χ4n) is 2.78. The van der Waals surface area contributed by atoms with Crippen molar-refractivity contribution in [3.05, 3.63) is 59.2 Å². The zero-order chi connectivity index (χ0) is 14.8. The minimum Gasteiger partial charge on any atom is -0.507 e. The number of phenols is 2. The average Bonchev–Trinajstić information content (AvgIpc) is 2.69. The van der Waals surface area contributed by atoms with E-state index in [-0.39, 0.29) is 23.0 Å². The normalized spacial score (nSPS) is 14.4. The summed E-state index contributed by atoms with van der Waals surface area (Å²) in [5.74, 6) is -0.679. The van der Waals surface area contributed by atoms with Crippen molar-refractivity contribution in [3.63, 3.8) is 0 Å². The first-order chi connectivity index (χ1) is 10.2. The van der Waals surface area contributed by atoms with Gasteiger partial charge in [0, 0.05) is 13.1 Å². The van der Waals surface area contributed by atoms with Crippen LogP contribution < -0.4 is 0 Å². The first kappa shape index (κ1) is 13.5. The van der Waals surface area contributed by atoms with E-state index >= 15 is 0 Å². The molecule has 2 aromatic carbocycles. The van der Waals surface area contributed by atoms with Crippen LogP contribution in [0.5, 0.6) is 11.5 Å². The van der Waals surface area contributed by atoms with E-state index in [0.717, 1.165) is 12.8 Å². The van der Waals surface area contributed by atoms with Crippen LogP contribution in [0.3, 0.4) is 0 Å². The molecule has 1 aliphatic heterocycles. The summed E-state index contributed by atoms with van der Waals surface area (Å²) in [6.07, 6.45) is 1.58. The smallest absolute Gasteiger partial charge is 0.261 e. The minimum atomic E-state index is -0.321. The Morgan fingerprint density at radius 1 is 0.857 bits per heavy atom. The molecule has 1 amide bonds. The summed E-state index contributed by atoms with van der Waals surface area (Å²) >= 11 is 0. The molecule has 108 valence electrons. The highest BCUT2D eigenvalue weighted by molar-refractivity contribution is 5.99. The summed E-state index contributed by atoms with van der Waals surface area (Å²) in [6, 6.07) is 12.5. The van der Waals surface area contributed by atoms with Gasteiger partial charge in [0.05, 0.1) is 0 Å². The maximum Gasteiger partial charge on any atom is 0.261 e. The Hall–Kier alpha value is -2.49. The van der Waals surface area contributed by atoms with Gasteiger partial charge >= 0.3 is 0 Å². The Kier molecular flexibility index (Phi) is 3.52. The highest BCUT2D eigenvalue weighted by atomic mass is 16.3. The van der Waals surface area contributed by atoms with Gasteiger partial charge in [-0.05, 0) is 36.1 Å². The predicted octanol–water partition coefficient (Wildman–Crippen LogP) is 2.34. The van der Waals surface area contributed by atoms with Crippen molar-refractivity contribution in [2.45, 2.75) is 12.8 Å². The van der Waals surface area contributed by atoms with Crippen molar-refractivity contribution < 1.29 is 15.0 Å². The third-order valence-electron chi connectivity index (χ3n) is 3.94. The molecule has 2 aromatic rings. The number of nitrogens with zero attached hydrogens (tertiary/aromatic N) is 1. The zero-order valence-corrected chi connectivity index (χ0v) is 11.6. The first-order valence-electron chi connectivity index (χ1n) is 7.04. The van der Waals surface area contributed by atoms with Gasteiger partial charge in [-0.25, -0.2) is 0 Å². The van der Waals surface area contributed by atoms with Crippen molar-refractivity contribution in [1.29, 1.82) is 0 Å². The maximum atomic E-state index is 12.6. The van der Waals surface area contributed by atoms with Gasteiger partial charge < -0.3 is 15.1 Å². The zero-order valence-electron chi connectivity index (χ0n) is 11.6. The van der Waals surface area contributed by atoms with Gasteiger partial charge in [0.15, 0.2) is 0 Å². The van der Waals surface area contributed by atoms with E-state index in [0.29, 0.717) is 13.1 Å². The second-order valence-electron chi connectivity index (χ2n) is 5.23. The molecule has 4 nitrogen and oxygen atoms in total. The predicted molar refractivity (Wildman–Crippen MR) is 79.5 cm³/mol. The lowest BCUT2D eigenvalue weighted by molar-refractivity contribution is 0.0757. The second kappa shape index (κ2) is 5.48. The van der Waals surface area contributed by atoms with Crippen LogP contribution in [-0.2, 0) is 12.8 Å². The third-order valence-corrected chi connectivity index (χ3v) is 3.94. The van der Waals surface area contributed by atoms with E-state index in [1.165, 1.54) is 29.3 Å². The molecule has 0 aliphatic carbocycles. The number of amides is 1. The molecule has 0 radical (unpaired) electrons. The van der Waals surface area contributed by atoms with Crippen molar-refractivity contribution in [1.82, 2.24) is 4.90 Å². The van der Waals surface area contributed by atoms with Gasteiger partial charge in [-0.15, -0.1) is 0 Å². The largest absolute Gasteiger partial charge is 0.507 e. The summed E-state index contributed by atoms with van der Waals surface area (Å²) < 4.78 is 0. The molecule has 3 rings (SSSR count). The number of aromatic hydroxyl groups is 2. The lowest BCUT2D eigenvalue weighted by atomic mass is 10.0. The average molecular weight is 283 g/mol. The van der Waals surface area contributed by atoms with Gasteiger partial charge in [-0.2, -0.15) is 0 Å². The van der Waals surface area contributed by atoms with E-state index in [4.69, 9.17) is 0 Å². The Labute approximate surface area is 123 Å². The van der Waals surface area contributed by atoms with Crippen molar-refractivity contribution in [2.75, 3.05) is 13.1 Å². The molecule has 21 heavy (non-hydrogen) atoms. The number of fused-ring (bicyclic) bond motifs is 1. The van der Waals surface area contributed by atoms with Crippen LogP contribution in [-0.4, -0.2) is 34.1 Å². The molecule has 0 atom stereocenters. The van der Waals surface area contributed by atoms with Crippen LogP contribution in [0, 0.1) is 0 Å². The van der Waals surface area contributed by atoms with Crippen LogP contribution in [0.15, 0.2) is 42.5 Å². The number of benzene rings is 2. The van der Waals surface area contributed by atoms with Crippen LogP contribution in [0.1, 0.15) is 21.5 Å². The number of hydrogen-bond donors (Lipinski definition) is 2. The van der Waals surface area contributed by atoms with E-state index in [2.05, 4.69) is 12.1 Å². The number of carbonyl (C=O) groups is 1. The van der Waals surface area contributed by atoms with E-state index in [1.807, 2.05) is 12.1 Å². The summed E-state index contributed by atoms with van der Waals surface area (Å²) in [5, 5.41) is 19.7. The lowest BCUT2D eigenvalue weighted by Gasteiger charge is -2.21. The maximum absolute atomic E-state index is 12.6. The molecule has 1 aliphatic rings. The molecule has 4 heteroatoms. The summed E-state index contributed by atoms with van der Waals surface area (Å²) in [5.41, 5.74) is 2.51. The van der Waals surface area contributed by atoms with Gasteiger partial charge in [0.25, 0.3) is 5.91 Å². The molecule has 0 spiro atoms. The second-order valence-corrected chi connectivity index (χ2v) is 5.23. The molecule has 0 fully saturated rings. The molecule has 0 aromatic heterocycles. The van der Waals surface area contributed by atoms with Gasteiger partial charge in [-0.1, -0.05) is 30.3 Å². The van der Waals surface area contributed by atoms with Crippen LogP contribution in [0.4, 0.5) is 0 Å². The highest BCUT2D eigenvalue weighted by Crippen LogP contribution is 2.28. The molecule has 0 saturated heterocycles. The molecular weight excluding hydrogens is 266 g/mol. The van der Waals surface area contributed by atoms with Gasteiger partial charge in [0.2, 0.25) is 0 Å². The van der Waals surface area contributed by atoms with Crippen LogP contribution >= 0.6 is 0 Å². The Morgan fingerprint density at radius 3 is 1.90 bits per heavy atom. The van der Waals surface area contributed by atoms with E-state index < -0.39 is 0 Å². The van der Waals surface area contributed by atoms with Crippen molar-refractivity contribution in [3.8, 4) is 11.5 Å². The number of rotatable bonds is 1. The van der Waals surface area contributed by atoms with Crippen molar-refractivity contribution >= 4 is 5.91 Å². The Morgan fingerprint density at radius 2 is 1.38 bits per heavy atom. The fourth-order valence-corrected chi connectivity index (χ4v) is 2.78. The number of carbonyl (C=O) groups excluding carboxylic acids is 1. The molecule has 1 heterocycles. The standard InChI is InChI=1S/C17H17NO3/c19-14-6-3-7-15(20)16(14)17(21)18-10-8-12-4-1-2-5-13(12)9-11-18/h1-7,19-20H,8-11H2. The van der Waals surface area contributed by atoms with Crippen molar-refractivity contribution in [2.24, 2.45) is 0 Å². The quantitative estimate of drug-likeness (QED) is 0.844. The first-order valence-corrected chi connectivity index (χ1v) is 7.04. The molecule has 0 bridgehead atoms. The van der Waals surface area contributed by atoms with E-state index in [9.17, 15) is 15.0 Å². The molecule has 0 unspecified atom stereocenters. The highest BCUT2D eigenvalue weighted by Gasteiger charge is 2.24. The molecule has 2 N–H and O–H groups in total. The van der Waals surface area contributed by atoms with Gasteiger partial charge in [0.1, 0.15) is 17.1 Å². The summed E-state index contributed by atoms with van der Waals surface area (Å²) in [4.78, 5) is 14.2. The van der Waals surface area contributed by atoms with Crippen LogP contribution in [0.2, 0.25) is 0 Å². The fraction of sp³-hybridized carbons (Fsp3) is 0.235. The summed E-state index contributed by atoms with van der Waals surface area (Å²) in [6.45, 7) is 1.17. The number of phenolic OH excluding ortho intramolecular Hbond substituents is 2.